The summed E-state index contributed by atoms with van der Waals surface area (Å²) >= 11 is 0. The molecule has 9 heteroatoms. The third kappa shape index (κ3) is 3.33. The predicted octanol–water partition coefficient (Wildman–Crippen LogP) is 2.21. The van der Waals surface area contributed by atoms with Crippen LogP contribution in [0.3, 0.4) is 0 Å². The summed E-state index contributed by atoms with van der Waals surface area (Å²) in [5.41, 5.74) is 7.31. The third-order valence-electron chi connectivity index (χ3n) is 6.40. The molecule has 2 aromatic rings. The van der Waals surface area contributed by atoms with Crippen molar-refractivity contribution in [3.05, 3.63) is 33.9 Å². The number of aryl methyl sites for hydroxylation is 1. The van der Waals surface area contributed by atoms with Gasteiger partial charge in [-0.3, -0.25) is 4.79 Å². The Morgan fingerprint density at radius 2 is 1.90 bits per heavy atom. The molecule has 1 saturated heterocycles. The minimum atomic E-state index is -3.94. The second kappa shape index (κ2) is 7.32. The molecule has 0 radical (unpaired) electrons. The zero-order valence-corrected chi connectivity index (χ0v) is 18.7. The first kappa shape index (κ1) is 21.3. The van der Waals surface area contributed by atoms with E-state index in [1.165, 1.54) is 26.2 Å². The maximum atomic E-state index is 15.3. The fraction of sp³-hybridized carbons (Fsp3) is 0.571. The number of benzene rings is 1. The predicted molar refractivity (Wildman–Crippen MR) is 116 cm³/mol. The fourth-order valence-corrected chi connectivity index (χ4v) is 5.49. The quantitative estimate of drug-likeness (QED) is 0.776. The Hall–Kier alpha value is -1.97. The van der Waals surface area contributed by atoms with Crippen LogP contribution in [0.15, 0.2) is 21.8 Å². The topological polar surface area (TPSA) is 88.6 Å². The van der Waals surface area contributed by atoms with E-state index >= 15 is 4.39 Å². The van der Waals surface area contributed by atoms with Gasteiger partial charge in [0.25, 0.3) is 5.56 Å². The number of pyridine rings is 1. The van der Waals surface area contributed by atoms with E-state index in [1.54, 1.807) is 4.57 Å². The van der Waals surface area contributed by atoms with Crippen LogP contribution >= 0.6 is 0 Å². The van der Waals surface area contributed by atoms with Crippen molar-refractivity contribution < 1.29 is 12.8 Å². The lowest BCUT2D eigenvalue weighted by Gasteiger charge is -2.25. The van der Waals surface area contributed by atoms with E-state index in [4.69, 9.17) is 5.73 Å². The Balaban J connectivity index is 1.96. The van der Waals surface area contributed by atoms with Crippen LogP contribution in [0.1, 0.15) is 37.8 Å². The molecule has 2 N–H and O–H groups in total. The molecule has 1 saturated carbocycles. The van der Waals surface area contributed by atoms with Gasteiger partial charge in [0.2, 0.25) is 10.0 Å². The van der Waals surface area contributed by atoms with Crippen molar-refractivity contribution in [1.29, 1.82) is 0 Å². The highest BCUT2D eigenvalue weighted by Gasteiger charge is 2.34. The van der Waals surface area contributed by atoms with Crippen molar-refractivity contribution in [2.75, 3.05) is 32.1 Å². The first-order chi connectivity index (χ1) is 14.0. The van der Waals surface area contributed by atoms with Crippen molar-refractivity contribution in [3.63, 3.8) is 0 Å². The molecular weight excluding hydrogens is 407 g/mol. The van der Waals surface area contributed by atoms with E-state index in [9.17, 15) is 13.2 Å². The van der Waals surface area contributed by atoms with Crippen LogP contribution in [0, 0.1) is 18.7 Å². The van der Waals surface area contributed by atoms with Crippen molar-refractivity contribution in [2.24, 2.45) is 11.7 Å². The molecule has 164 valence electrons. The Morgan fingerprint density at radius 3 is 2.43 bits per heavy atom. The summed E-state index contributed by atoms with van der Waals surface area (Å²) in [6.45, 7) is 5.16. The zero-order chi connectivity index (χ0) is 22.0. The van der Waals surface area contributed by atoms with Crippen LogP contribution in [0.25, 0.3) is 10.9 Å². The van der Waals surface area contributed by atoms with Crippen LogP contribution < -0.4 is 16.2 Å². The van der Waals surface area contributed by atoms with E-state index in [-0.39, 0.29) is 22.9 Å². The first-order valence-corrected chi connectivity index (χ1v) is 11.8. The van der Waals surface area contributed by atoms with Gasteiger partial charge in [0.05, 0.1) is 11.2 Å². The molecule has 2 heterocycles. The molecule has 7 nitrogen and oxygen atoms in total. The molecule has 4 rings (SSSR count). The number of halogens is 1. The van der Waals surface area contributed by atoms with Crippen LogP contribution in [0.4, 0.5) is 10.1 Å². The smallest absolute Gasteiger partial charge is 0.271 e. The number of fused-ring (bicyclic) bond motifs is 1. The normalized spacial score (nSPS) is 21.0. The first-order valence-electron chi connectivity index (χ1n) is 10.4. The van der Waals surface area contributed by atoms with Gasteiger partial charge in [-0.2, -0.15) is 0 Å². The van der Waals surface area contributed by atoms with E-state index in [2.05, 4.69) is 0 Å². The highest BCUT2D eigenvalue weighted by atomic mass is 32.2. The van der Waals surface area contributed by atoms with Gasteiger partial charge in [-0.05, 0) is 56.7 Å². The highest BCUT2D eigenvalue weighted by Crippen LogP contribution is 2.40. The largest absolute Gasteiger partial charge is 0.369 e. The van der Waals surface area contributed by atoms with Gasteiger partial charge in [-0.1, -0.05) is 0 Å². The summed E-state index contributed by atoms with van der Waals surface area (Å²) in [5, 5.41) is 0.434. The maximum absolute atomic E-state index is 15.3. The van der Waals surface area contributed by atoms with Crippen LogP contribution in [-0.2, 0) is 10.0 Å². The second-order valence-corrected chi connectivity index (χ2v) is 10.9. The molecule has 1 aliphatic carbocycles. The standard InChI is InChI=1S/C21H29FN4O3S/c1-12-19-15(9-17(22)20(12)25-8-7-14(11-25)13(2)23)10-18(30(28,29)24(3)4)21(27)26(19)16-5-6-16/h9-10,13-14,16H,5-8,11,23H2,1-4H3/t13?,14-/m1/s1. The molecule has 2 aliphatic rings. The molecule has 1 aromatic heterocycles. The zero-order valence-electron chi connectivity index (χ0n) is 17.9. The lowest BCUT2D eigenvalue weighted by molar-refractivity contribution is 0.487. The number of hydrogen-bond acceptors (Lipinski definition) is 5. The number of nitrogens with zero attached hydrogens (tertiary/aromatic N) is 3. The van der Waals surface area contributed by atoms with Crippen molar-refractivity contribution in [1.82, 2.24) is 8.87 Å². The number of rotatable bonds is 5. The molecule has 0 bridgehead atoms. The van der Waals surface area contributed by atoms with Crippen molar-refractivity contribution >= 4 is 26.6 Å². The monoisotopic (exact) mass is 436 g/mol. The van der Waals surface area contributed by atoms with Crippen LogP contribution in [0.2, 0.25) is 0 Å². The average Bonchev–Trinajstić information content (AvgIpc) is 3.37. The van der Waals surface area contributed by atoms with Gasteiger partial charge in [-0.25, -0.2) is 17.1 Å². The summed E-state index contributed by atoms with van der Waals surface area (Å²) in [6.07, 6.45) is 2.51. The molecule has 1 aliphatic heterocycles. The van der Waals surface area contributed by atoms with Crippen LogP contribution in [-0.4, -0.2) is 50.5 Å². The molecular formula is C21H29FN4O3S. The fourth-order valence-electron chi connectivity index (χ4n) is 4.50. The highest BCUT2D eigenvalue weighted by molar-refractivity contribution is 7.89. The van der Waals surface area contributed by atoms with Crippen LogP contribution in [0.5, 0.6) is 0 Å². The molecule has 0 spiro atoms. The summed E-state index contributed by atoms with van der Waals surface area (Å²) in [4.78, 5) is 15.0. The molecule has 0 amide bonds. The Morgan fingerprint density at radius 1 is 1.23 bits per heavy atom. The Labute approximate surface area is 176 Å². The lowest BCUT2D eigenvalue weighted by atomic mass is 10.0. The number of anilines is 1. The number of aromatic nitrogens is 1. The van der Waals surface area contributed by atoms with E-state index in [0.717, 1.165) is 23.6 Å². The molecule has 2 fully saturated rings. The number of nitrogens with two attached hydrogens (primary N) is 1. The van der Waals surface area contributed by atoms with Gasteiger partial charge in [0.15, 0.2) is 0 Å². The molecule has 1 unspecified atom stereocenters. The van der Waals surface area contributed by atoms with E-state index in [1.807, 2.05) is 18.7 Å². The summed E-state index contributed by atoms with van der Waals surface area (Å²) in [6, 6.07) is 2.66. The molecule has 2 atom stereocenters. The minimum Gasteiger partial charge on any atom is -0.369 e. The third-order valence-corrected chi connectivity index (χ3v) is 8.21. The summed E-state index contributed by atoms with van der Waals surface area (Å²) < 4.78 is 43.3. The molecule has 1 aromatic carbocycles. The van der Waals surface area contributed by atoms with E-state index < -0.39 is 21.4 Å². The maximum Gasteiger partial charge on any atom is 0.271 e. The SMILES string of the molecule is Cc1c(N2CC[C@@H](C(C)N)C2)c(F)cc2cc(S(=O)(=O)N(C)C)c(=O)n(C3CC3)c12. The minimum absolute atomic E-state index is 0.0299. The van der Waals surface area contributed by atoms with Crippen molar-refractivity contribution in [3.8, 4) is 0 Å². The average molecular weight is 437 g/mol. The second-order valence-electron chi connectivity index (χ2n) is 8.83. The van der Waals surface area contributed by atoms with Gasteiger partial charge in [0.1, 0.15) is 10.7 Å². The van der Waals surface area contributed by atoms with Gasteiger partial charge < -0.3 is 15.2 Å². The summed E-state index contributed by atoms with van der Waals surface area (Å²) in [5.74, 6) is -0.114. The van der Waals surface area contributed by atoms with Gasteiger partial charge in [-0.15, -0.1) is 0 Å². The Bertz CT molecular complexity index is 1170. The van der Waals surface area contributed by atoms with Crippen molar-refractivity contribution in [2.45, 2.75) is 50.1 Å². The number of hydrogen-bond donors (Lipinski definition) is 1. The van der Waals surface area contributed by atoms with Gasteiger partial charge in [0, 0.05) is 44.7 Å². The van der Waals surface area contributed by atoms with E-state index in [0.29, 0.717) is 35.2 Å². The summed E-state index contributed by atoms with van der Waals surface area (Å²) in [7, 11) is -1.17. The van der Waals surface area contributed by atoms with Gasteiger partial charge >= 0.3 is 0 Å². The lowest BCUT2D eigenvalue weighted by Crippen LogP contribution is -2.33. The number of sulfonamides is 1. The Kier molecular flexibility index (Phi) is 5.19. The molecule has 30 heavy (non-hydrogen) atoms.